The van der Waals surface area contributed by atoms with Crippen LogP contribution in [0.1, 0.15) is 85.6 Å². The number of carboxylic acid groups (broad SMARTS) is 1. The Balaban J connectivity index is 1.76. The lowest BCUT2D eigenvalue weighted by Gasteiger charge is -2.41. The molecule has 3 N–H and O–H groups in total. The number of carbonyl (C=O) groups excluding carboxylic acids is 4. The molecule has 0 aliphatic carbocycles. The highest BCUT2D eigenvalue weighted by atomic mass is 16.5. The van der Waals surface area contributed by atoms with Crippen LogP contribution in [-0.4, -0.2) is 116 Å². The van der Waals surface area contributed by atoms with Crippen LogP contribution in [0.3, 0.4) is 0 Å². The summed E-state index contributed by atoms with van der Waals surface area (Å²) in [5, 5.41) is 15.8. The van der Waals surface area contributed by atoms with Gasteiger partial charge in [0.15, 0.2) is 0 Å². The molecule has 3 rings (SSSR count). The fraction of sp³-hybridized carbons (Fsp3) is 0.725. The Hall–Kier alpha value is -3.35. The van der Waals surface area contributed by atoms with Crippen molar-refractivity contribution in [3.63, 3.8) is 0 Å². The quantitative estimate of drug-likeness (QED) is 0.181. The van der Waals surface area contributed by atoms with Crippen molar-refractivity contribution >= 4 is 29.5 Å². The van der Waals surface area contributed by atoms with Crippen LogP contribution in [-0.2, 0) is 39.9 Å². The number of benzene rings is 1. The minimum absolute atomic E-state index is 0.00496. The summed E-state index contributed by atoms with van der Waals surface area (Å²) in [6.07, 6.45) is 1.88. The minimum Gasteiger partial charge on any atom is -0.480 e. The summed E-state index contributed by atoms with van der Waals surface area (Å²) in [6.45, 7) is 13.6. The van der Waals surface area contributed by atoms with E-state index in [1.165, 1.54) is 7.11 Å². The predicted molar refractivity (Wildman–Crippen MR) is 199 cm³/mol. The number of likely N-dealkylation sites (tertiary alicyclic amines) is 1. The molecule has 0 saturated carbocycles. The molecular weight excluding hydrogens is 664 g/mol. The number of nitrogens with zero attached hydrogens (tertiary/aromatic N) is 2. The van der Waals surface area contributed by atoms with Gasteiger partial charge in [0, 0.05) is 58.5 Å². The fourth-order valence-electron chi connectivity index (χ4n) is 8.03. The van der Waals surface area contributed by atoms with Gasteiger partial charge in [-0.2, -0.15) is 0 Å². The number of Topliss-reactive ketones (excluding diaryl/α,β-unsaturated/α-hetero) is 1. The van der Waals surface area contributed by atoms with E-state index < -0.39 is 59.5 Å². The zero-order valence-corrected chi connectivity index (χ0v) is 32.9. The first kappa shape index (κ1) is 43.1. The molecule has 12 nitrogen and oxygen atoms in total. The first-order chi connectivity index (χ1) is 24.6. The van der Waals surface area contributed by atoms with E-state index in [4.69, 9.17) is 9.47 Å². The largest absolute Gasteiger partial charge is 0.480 e. The molecule has 2 saturated heterocycles. The summed E-state index contributed by atoms with van der Waals surface area (Å²) in [6, 6.07) is 7.17. The SMILES string of the molecule is CC[C@H](C)[C@@H]([C@@H](CC(=O)N1CCC[C@H]1[C@H](OC)[C@@H](C)C(=O)N[C@@H](Cc1ccccc1)C(=O)O)OC)N(C)C(=O)[C@@H](CC(=O)[C@@]1(C)CCNC1)C(C)C. The van der Waals surface area contributed by atoms with Crippen molar-refractivity contribution in [3.05, 3.63) is 35.9 Å². The summed E-state index contributed by atoms with van der Waals surface area (Å²) in [5.41, 5.74) is 0.312. The molecule has 2 heterocycles. The molecule has 0 unspecified atom stereocenters. The number of likely N-dealkylation sites (N-methyl/N-ethyl adjacent to an activating group) is 1. The molecule has 0 bridgehead atoms. The fourth-order valence-corrected chi connectivity index (χ4v) is 8.03. The lowest BCUT2D eigenvalue weighted by molar-refractivity contribution is -0.149. The van der Waals surface area contributed by atoms with E-state index in [0.29, 0.717) is 19.5 Å². The van der Waals surface area contributed by atoms with Crippen LogP contribution in [0.5, 0.6) is 0 Å². The van der Waals surface area contributed by atoms with Crippen molar-refractivity contribution in [2.24, 2.45) is 29.1 Å². The molecule has 2 fully saturated rings. The van der Waals surface area contributed by atoms with Crippen LogP contribution in [0.4, 0.5) is 0 Å². The van der Waals surface area contributed by atoms with Crippen LogP contribution >= 0.6 is 0 Å². The monoisotopic (exact) mass is 728 g/mol. The van der Waals surface area contributed by atoms with Gasteiger partial charge < -0.3 is 35.0 Å². The second-order valence-corrected chi connectivity index (χ2v) is 15.6. The summed E-state index contributed by atoms with van der Waals surface area (Å²) in [5.74, 6) is -3.08. The molecule has 0 spiro atoms. The molecule has 0 aromatic heterocycles. The maximum Gasteiger partial charge on any atom is 0.326 e. The van der Waals surface area contributed by atoms with E-state index >= 15 is 0 Å². The first-order valence-corrected chi connectivity index (χ1v) is 19.0. The van der Waals surface area contributed by atoms with Crippen LogP contribution in [0.15, 0.2) is 30.3 Å². The van der Waals surface area contributed by atoms with Gasteiger partial charge in [-0.05, 0) is 43.2 Å². The summed E-state index contributed by atoms with van der Waals surface area (Å²) >= 11 is 0. The highest BCUT2D eigenvalue weighted by Gasteiger charge is 2.44. The molecule has 1 aromatic rings. The highest BCUT2D eigenvalue weighted by Crippen LogP contribution is 2.33. The Morgan fingerprint density at radius 3 is 2.27 bits per heavy atom. The van der Waals surface area contributed by atoms with Crippen LogP contribution in [0, 0.1) is 29.1 Å². The third-order valence-electron chi connectivity index (χ3n) is 11.7. The van der Waals surface area contributed by atoms with Crippen molar-refractivity contribution in [1.82, 2.24) is 20.4 Å². The average Bonchev–Trinajstić information content (AvgIpc) is 3.80. The molecule has 0 radical (unpaired) electrons. The van der Waals surface area contributed by atoms with Gasteiger partial charge in [0.25, 0.3) is 0 Å². The van der Waals surface area contributed by atoms with E-state index in [1.54, 1.807) is 30.9 Å². The summed E-state index contributed by atoms with van der Waals surface area (Å²) in [4.78, 5) is 70.8. The number of nitrogens with one attached hydrogen (secondary N) is 2. The Morgan fingerprint density at radius 1 is 1.06 bits per heavy atom. The number of ketones is 1. The van der Waals surface area contributed by atoms with E-state index in [-0.39, 0.29) is 48.7 Å². The van der Waals surface area contributed by atoms with Gasteiger partial charge in [-0.15, -0.1) is 0 Å². The topological polar surface area (TPSA) is 155 Å². The van der Waals surface area contributed by atoms with Crippen LogP contribution < -0.4 is 10.6 Å². The number of aliphatic carboxylic acids is 1. The van der Waals surface area contributed by atoms with E-state index in [2.05, 4.69) is 10.6 Å². The molecular formula is C40H64N4O8. The molecule has 12 heteroatoms. The number of rotatable bonds is 20. The number of carbonyl (C=O) groups is 5. The van der Waals surface area contributed by atoms with Crippen LogP contribution in [0.25, 0.3) is 0 Å². The number of hydrogen-bond donors (Lipinski definition) is 3. The first-order valence-electron chi connectivity index (χ1n) is 19.0. The van der Waals surface area contributed by atoms with Gasteiger partial charge in [-0.25, -0.2) is 4.79 Å². The lowest BCUT2D eigenvalue weighted by Crippen LogP contribution is -2.55. The van der Waals surface area contributed by atoms with Crippen molar-refractivity contribution < 1.29 is 38.6 Å². The van der Waals surface area contributed by atoms with Gasteiger partial charge >= 0.3 is 5.97 Å². The standard InChI is InChI=1S/C40H64N4O8/c1-10-26(4)35(43(7)38(48)29(25(2)3)22-33(45)40(6)18-19-41-24-40)32(51-8)23-34(46)44-20-14-17-31(44)36(52-9)27(5)37(47)42-30(39(49)50)21-28-15-12-11-13-16-28/h11-13,15-16,25-27,29-32,35-36,41H,10,14,17-24H2,1-9H3,(H,42,47)(H,49,50)/t26-,27+,29-,30-,31-,32+,35-,36+,40-/m0/s1. The number of amides is 3. The Labute approximate surface area is 310 Å². The third kappa shape index (κ3) is 10.6. The number of methoxy groups -OCH3 is 2. The van der Waals surface area contributed by atoms with Crippen molar-refractivity contribution in [2.75, 3.05) is 40.9 Å². The molecule has 3 amide bonds. The zero-order valence-electron chi connectivity index (χ0n) is 32.9. The Morgan fingerprint density at radius 2 is 1.73 bits per heavy atom. The van der Waals surface area contributed by atoms with Gasteiger partial charge in [-0.3, -0.25) is 19.2 Å². The lowest BCUT2D eigenvalue weighted by atomic mass is 9.77. The van der Waals surface area contributed by atoms with Gasteiger partial charge in [0.2, 0.25) is 17.7 Å². The molecule has 9 atom stereocenters. The van der Waals surface area contributed by atoms with Crippen molar-refractivity contribution in [2.45, 2.75) is 117 Å². The third-order valence-corrected chi connectivity index (χ3v) is 11.7. The minimum atomic E-state index is -1.13. The molecule has 2 aliphatic heterocycles. The highest BCUT2D eigenvalue weighted by molar-refractivity contribution is 5.90. The number of carboxylic acids is 1. The normalized spacial score (nSPS) is 23.0. The second-order valence-electron chi connectivity index (χ2n) is 15.6. The van der Waals surface area contributed by atoms with Crippen molar-refractivity contribution in [1.29, 1.82) is 0 Å². The molecule has 292 valence electrons. The molecule has 1 aromatic carbocycles. The second kappa shape index (κ2) is 19.6. The smallest absolute Gasteiger partial charge is 0.326 e. The maximum absolute atomic E-state index is 14.2. The average molecular weight is 729 g/mol. The summed E-state index contributed by atoms with van der Waals surface area (Å²) < 4.78 is 11.9. The maximum atomic E-state index is 14.2. The van der Waals surface area contributed by atoms with Gasteiger partial charge in [0.05, 0.1) is 36.6 Å². The predicted octanol–water partition coefficient (Wildman–Crippen LogP) is 3.95. The van der Waals surface area contributed by atoms with E-state index in [9.17, 15) is 29.1 Å². The van der Waals surface area contributed by atoms with Gasteiger partial charge in [-0.1, -0.05) is 78.3 Å². The van der Waals surface area contributed by atoms with Crippen molar-refractivity contribution in [3.8, 4) is 0 Å². The van der Waals surface area contributed by atoms with E-state index in [1.807, 2.05) is 65.0 Å². The number of ether oxygens (including phenoxy) is 2. The Kier molecular flexibility index (Phi) is 16.3. The van der Waals surface area contributed by atoms with Gasteiger partial charge in [0.1, 0.15) is 11.8 Å². The number of hydrogen-bond acceptors (Lipinski definition) is 8. The van der Waals surface area contributed by atoms with Crippen LogP contribution in [0.2, 0.25) is 0 Å². The molecule has 52 heavy (non-hydrogen) atoms. The molecule has 2 aliphatic rings. The Bertz CT molecular complexity index is 1350. The zero-order chi connectivity index (χ0) is 38.7. The summed E-state index contributed by atoms with van der Waals surface area (Å²) in [7, 11) is 4.82. The van der Waals surface area contributed by atoms with E-state index in [0.717, 1.165) is 31.4 Å².